The van der Waals surface area contributed by atoms with E-state index >= 15 is 0 Å². The second-order valence-electron chi connectivity index (χ2n) is 9.21. The summed E-state index contributed by atoms with van der Waals surface area (Å²) in [5.74, 6) is 5.02. The molecule has 0 amide bonds. The third-order valence-electron chi connectivity index (χ3n) is 6.61. The number of aromatic nitrogens is 1. The summed E-state index contributed by atoms with van der Waals surface area (Å²) in [7, 11) is 3.67. The molecule has 1 aromatic heterocycles. The molecular formula is C29H29N5O2. The van der Waals surface area contributed by atoms with E-state index in [9.17, 15) is 0 Å². The van der Waals surface area contributed by atoms with Gasteiger partial charge in [0.1, 0.15) is 17.6 Å². The van der Waals surface area contributed by atoms with Gasteiger partial charge in [0.2, 0.25) is 12.2 Å². The molecule has 3 unspecified atom stereocenters. The predicted octanol–water partition coefficient (Wildman–Crippen LogP) is 4.86. The molecule has 5 rings (SSSR count). The zero-order chi connectivity index (χ0) is 25.2. The van der Waals surface area contributed by atoms with Crippen molar-refractivity contribution in [1.29, 1.82) is 0 Å². The molecule has 1 aliphatic carbocycles. The number of rotatable bonds is 5. The number of nitrogens with zero attached hydrogens (tertiary/aromatic N) is 4. The lowest BCUT2D eigenvalue weighted by Gasteiger charge is -2.34. The molecule has 3 aliphatic rings. The first-order valence-electron chi connectivity index (χ1n) is 11.9. The largest absolute Gasteiger partial charge is 0.495 e. The van der Waals surface area contributed by atoms with Crippen LogP contribution in [0.15, 0.2) is 82.4 Å². The van der Waals surface area contributed by atoms with E-state index in [-0.39, 0.29) is 12.0 Å². The molecule has 0 bridgehead atoms. The molecule has 0 saturated carbocycles. The first-order chi connectivity index (χ1) is 17.4. The average Bonchev–Trinajstić information content (AvgIpc) is 3.27. The zero-order valence-corrected chi connectivity index (χ0v) is 20.9. The van der Waals surface area contributed by atoms with Gasteiger partial charge in [-0.25, -0.2) is 9.98 Å². The number of likely N-dealkylation sites (N-methyl/N-ethyl adjacent to an activating group) is 1. The smallest absolute Gasteiger partial charge is 0.226 e. The van der Waals surface area contributed by atoms with E-state index in [2.05, 4.69) is 41.0 Å². The summed E-state index contributed by atoms with van der Waals surface area (Å²) >= 11 is 0. The molecule has 182 valence electrons. The van der Waals surface area contributed by atoms with Crippen LogP contribution in [0.25, 0.3) is 5.57 Å². The van der Waals surface area contributed by atoms with Crippen LogP contribution in [0.5, 0.6) is 5.75 Å². The highest BCUT2D eigenvalue weighted by molar-refractivity contribution is 6.12. The Hall–Kier alpha value is -4.31. The van der Waals surface area contributed by atoms with Crippen LogP contribution in [-0.2, 0) is 4.74 Å². The van der Waals surface area contributed by atoms with Crippen LogP contribution < -0.4 is 10.1 Å². The fourth-order valence-electron chi connectivity index (χ4n) is 4.77. The first-order valence-corrected chi connectivity index (χ1v) is 11.9. The van der Waals surface area contributed by atoms with E-state index in [4.69, 9.17) is 25.9 Å². The molecule has 36 heavy (non-hydrogen) atoms. The first kappa shape index (κ1) is 23.4. The Bertz CT molecular complexity index is 1360. The maximum absolute atomic E-state index is 6.65. The molecule has 0 spiro atoms. The van der Waals surface area contributed by atoms with Crippen LogP contribution in [0.2, 0.25) is 0 Å². The van der Waals surface area contributed by atoms with Crippen molar-refractivity contribution in [2.24, 2.45) is 15.9 Å². The number of allylic oxidation sites excluding steroid dienone is 4. The lowest BCUT2D eigenvalue weighted by molar-refractivity contribution is 0.0645. The van der Waals surface area contributed by atoms with E-state index in [0.717, 1.165) is 46.0 Å². The lowest BCUT2D eigenvalue weighted by atomic mass is 9.87. The molecule has 3 heterocycles. The van der Waals surface area contributed by atoms with Gasteiger partial charge in [0.15, 0.2) is 0 Å². The number of nitrogens with one attached hydrogen (secondary N) is 1. The Morgan fingerprint density at radius 3 is 2.72 bits per heavy atom. The van der Waals surface area contributed by atoms with Crippen molar-refractivity contribution in [1.82, 2.24) is 9.88 Å². The van der Waals surface area contributed by atoms with Gasteiger partial charge in [0, 0.05) is 36.6 Å². The Morgan fingerprint density at radius 1 is 1.19 bits per heavy atom. The lowest BCUT2D eigenvalue weighted by Crippen LogP contribution is -2.45. The number of methoxy groups -OCH3 is 1. The molecule has 3 atom stereocenters. The van der Waals surface area contributed by atoms with Gasteiger partial charge in [0.25, 0.3) is 0 Å². The maximum Gasteiger partial charge on any atom is 0.226 e. The fourth-order valence-corrected chi connectivity index (χ4v) is 4.77. The molecule has 0 radical (unpaired) electrons. The number of hydrogen-bond donors (Lipinski definition) is 1. The van der Waals surface area contributed by atoms with Crippen LogP contribution in [0.4, 0.5) is 5.69 Å². The SMILES string of the molecule is C#Cc1ccc(NC2=NC(OC3=C(C)C=C(c4cncc(OC)c4)CC3C)C3C(=N2)C=CN3C)cc1. The molecule has 2 aliphatic heterocycles. The predicted molar refractivity (Wildman–Crippen MR) is 144 cm³/mol. The minimum absolute atomic E-state index is 0.0835. The molecule has 1 N–H and O–H groups in total. The number of aliphatic imine (C=N–C) groups is 2. The van der Waals surface area contributed by atoms with Gasteiger partial charge in [0.05, 0.1) is 19.0 Å². The summed E-state index contributed by atoms with van der Waals surface area (Å²) < 4.78 is 12.0. The van der Waals surface area contributed by atoms with Gasteiger partial charge in [-0.05, 0) is 66.5 Å². The fraction of sp³-hybridized carbons (Fsp3) is 0.276. The van der Waals surface area contributed by atoms with Crippen molar-refractivity contribution in [2.75, 3.05) is 19.5 Å². The molecule has 1 aromatic carbocycles. The highest BCUT2D eigenvalue weighted by Gasteiger charge is 2.38. The number of anilines is 1. The maximum atomic E-state index is 6.65. The van der Waals surface area contributed by atoms with E-state index in [1.807, 2.05) is 55.9 Å². The van der Waals surface area contributed by atoms with Crippen LogP contribution in [-0.4, -0.2) is 48.0 Å². The summed E-state index contributed by atoms with van der Waals surface area (Å²) in [6, 6.07) is 9.56. The minimum atomic E-state index is -0.439. The van der Waals surface area contributed by atoms with Crippen molar-refractivity contribution in [3.63, 3.8) is 0 Å². The van der Waals surface area contributed by atoms with Gasteiger partial charge < -0.3 is 19.7 Å². The van der Waals surface area contributed by atoms with Crippen LogP contribution in [0.1, 0.15) is 31.4 Å². The summed E-state index contributed by atoms with van der Waals surface area (Å²) in [6.45, 7) is 4.27. The zero-order valence-electron chi connectivity index (χ0n) is 20.9. The highest BCUT2D eigenvalue weighted by atomic mass is 16.5. The molecule has 0 fully saturated rings. The normalized spacial score (nSPS) is 22.8. The van der Waals surface area contributed by atoms with E-state index in [1.54, 1.807) is 13.3 Å². The summed E-state index contributed by atoms with van der Waals surface area (Å²) in [4.78, 5) is 16.0. The van der Waals surface area contributed by atoms with E-state index in [0.29, 0.717) is 5.96 Å². The third kappa shape index (κ3) is 4.63. The van der Waals surface area contributed by atoms with E-state index < -0.39 is 6.23 Å². The molecule has 7 nitrogen and oxygen atoms in total. The van der Waals surface area contributed by atoms with Crippen molar-refractivity contribution in [3.8, 4) is 18.1 Å². The Labute approximate surface area is 212 Å². The van der Waals surface area contributed by atoms with E-state index in [1.165, 1.54) is 5.57 Å². The Morgan fingerprint density at radius 2 is 2.00 bits per heavy atom. The number of guanidine groups is 1. The van der Waals surface area contributed by atoms with Crippen LogP contribution in [0.3, 0.4) is 0 Å². The topological polar surface area (TPSA) is 71.3 Å². The number of benzene rings is 1. The minimum Gasteiger partial charge on any atom is -0.495 e. The average molecular weight is 480 g/mol. The molecule has 0 saturated heterocycles. The monoisotopic (exact) mass is 479 g/mol. The van der Waals surface area contributed by atoms with Crippen LogP contribution >= 0.6 is 0 Å². The van der Waals surface area contributed by atoms with Crippen molar-refractivity contribution < 1.29 is 9.47 Å². The molecule has 2 aromatic rings. The van der Waals surface area contributed by atoms with Gasteiger partial charge in [-0.15, -0.1) is 6.42 Å². The van der Waals surface area contributed by atoms with Gasteiger partial charge >= 0.3 is 0 Å². The summed E-state index contributed by atoms with van der Waals surface area (Å²) in [5.41, 5.74) is 5.97. The number of hydrogen-bond acceptors (Lipinski definition) is 7. The highest BCUT2D eigenvalue weighted by Crippen LogP contribution is 2.37. The van der Waals surface area contributed by atoms with Crippen molar-refractivity contribution >= 4 is 22.9 Å². The third-order valence-corrected chi connectivity index (χ3v) is 6.61. The van der Waals surface area contributed by atoms with Gasteiger partial charge in [-0.3, -0.25) is 4.98 Å². The molecular weight excluding hydrogens is 450 g/mol. The van der Waals surface area contributed by atoms with Crippen molar-refractivity contribution in [2.45, 2.75) is 32.5 Å². The van der Waals surface area contributed by atoms with Crippen LogP contribution in [0, 0.1) is 18.3 Å². The Kier molecular flexibility index (Phi) is 6.34. The number of pyridine rings is 1. The quantitative estimate of drug-likeness (QED) is 0.620. The summed E-state index contributed by atoms with van der Waals surface area (Å²) in [6.07, 6.45) is 15.7. The molecule has 7 heteroatoms. The number of fused-ring (bicyclic) bond motifs is 1. The second-order valence-corrected chi connectivity index (χ2v) is 9.21. The van der Waals surface area contributed by atoms with Gasteiger partial charge in [-0.1, -0.05) is 18.9 Å². The Balaban J connectivity index is 1.42. The second kappa shape index (κ2) is 9.74. The summed E-state index contributed by atoms with van der Waals surface area (Å²) in [5, 5.41) is 3.30. The standard InChI is InChI=1S/C29H29N5O2/c1-6-20-7-9-23(10-8-20)31-29-32-25-11-12-34(4)26(25)28(33-29)36-27-18(2)13-21(14-19(27)3)22-15-24(35-5)17-30-16-22/h1,7-13,15-17,19,26,28H,14H2,2-5H3,(H,31,33). The number of terminal acetylenes is 1. The van der Waals surface area contributed by atoms with Gasteiger partial charge in [-0.2, -0.15) is 0 Å². The van der Waals surface area contributed by atoms with Crippen molar-refractivity contribution in [3.05, 3.63) is 83.5 Å². The number of ether oxygens (including phenoxy) is 2.